The van der Waals surface area contributed by atoms with E-state index >= 15 is 4.39 Å². The molecule has 8 nitrogen and oxygen atoms in total. The molecule has 0 unspecified atom stereocenters. The van der Waals surface area contributed by atoms with Crippen molar-refractivity contribution >= 4 is 17.1 Å². The molecule has 0 radical (unpaired) electrons. The summed E-state index contributed by atoms with van der Waals surface area (Å²) in [4.78, 5) is 13.3. The van der Waals surface area contributed by atoms with Gasteiger partial charge in [0.15, 0.2) is 5.54 Å². The number of amides is 1. The number of tetrazole rings is 1. The van der Waals surface area contributed by atoms with Crippen LogP contribution in [0.25, 0.3) is 11.1 Å². The molecule has 1 atom stereocenters. The van der Waals surface area contributed by atoms with Crippen molar-refractivity contribution in [2.45, 2.75) is 69.4 Å². The van der Waals surface area contributed by atoms with Crippen molar-refractivity contribution in [2.75, 3.05) is 0 Å². The maximum absolute atomic E-state index is 15.4. The molecule has 2 aliphatic rings. The van der Waals surface area contributed by atoms with E-state index < -0.39 is 48.0 Å². The van der Waals surface area contributed by atoms with Crippen LogP contribution in [0.2, 0.25) is 0 Å². The van der Waals surface area contributed by atoms with Gasteiger partial charge in [-0.25, -0.2) is 4.39 Å². The summed E-state index contributed by atoms with van der Waals surface area (Å²) in [5, 5.41) is 19.5. The number of unbranched alkanes of at least 4 members (excludes halogenated alkanes) is 1. The Hall–Kier alpha value is -3.78. The van der Waals surface area contributed by atoms with Crippen molar-refractivity contribution in [3.63, 3.8) is 0 Å². The molecule has 1 saturated carbocycles. The van der Waals surface area contributed by atoms with Gasteiger partial charge < -0.3 is 5.32 Å². The molecule has 1 amide bonds. The van der Waals surface area contributed by atoms with Crippen molar-refractivity contribution < 1.29 is 35.5 Å². The summed E-state index contributed by atoms with van der Waals surface area (Å²) in [5.41, 5.74) is -4.06. The highest BCUT2D eigenvalue weighted by atomic mass is 19.4. The third-order valence-corrected chi connectivity index (χ3v) is 7.11. The molecule has 2 N–H and O–H groups in total. The van der Waals surface area contributed by atoms with E-state index in [1.54, 1.807) is 10.9 Å². The lowest BCUT2D eigenvalue weighted by Crippen LogP contribution is -2.59. The number of nitrogens with one attached hydrogen (secondary N) is 2. The van der Waals surface area contributed by atoms with Gasteiger partial charge in [0.1, 0.15) is 5.82 Å². The molecule has 0 saturated heterocycles. The third kappa shape index (κ3) is 5.72. The highest BCUT2D eigenvalue weighted by Gasteiger charge is 2.61. The molecular weight excluding hydrogens is 547 g/mol. The first-order valence-electron chi connectivity index (χ1n) is 12.6. The standard InChI is InChI=1S/C25H24F7N7O/c26-18-11-14(3-1-2-9-24(27,28)29)6-7-17(18)23(25(30,31)32)12-16(19-8-10-39(36-19)13-15-4-5-15)20(22(40)33-23)21-34-37-38-35-21/h6-8,10-11,15H,1-5,9,12-13H2,(H,33,40)(H,34,35,37,38)/t23-/m0/s1. The van der Waals surface area contributed by atoms with Gasteiger partial charge in [-0.05, 0) is 66.5 Å². The van der Waals surface area contributed by atoms with Gasteiger partial charge in [0.2, 0.25) is 5.82 Å². The third-order valence-electron chi connectivity index (χ3n) is 7.11. The Kier molecular flexibility index (Phi) is 7.17. The van der Waals surface area contributed by atoms with Crippen molar-refractivity contribution in [2.24, 2.45) is 5.92 Å². The number of hydrogen-bond acceptors (Lipinski definition) is 5. The summed E-state index contributed by atoms with van der Waals surface area (Å²) < 4.78 is 98.7. The van der Waals surface area contributed by atoms with E-state index in [4.69, 9.17) is 0 Å². The van der Waals surface area contributed by atoms with Gasteiger partial charge in [0, 0.05) is 31.1 Å². The number of halogens is 7. The summed E-state index contributed by atoms with van der Waals surface area (Å²) in [6.45, 7) is 0.570. The molecule has 1 fully saturated rings. The van der Waals surface area contributed by atoms with Crippen LogP contribution in [0, 0.1) is 11.7 Å². The highest BCUT2D eigenvalue weighted by Crippen LogP contribution is 2.50. The lowest BCUT2D eigenvalue weighted by atomic mass is 9.77. The second-order valence-corrected chi connectivity index (χ2v) is 10.1. The molecule has 0 spiro atoms. The summed E-state index contributed by atoms with van der Waals surface area (Å²) in [6, 6.07) is 4.50. The Morgan fingerprint density at radius 1 is 1.07 bits per heavy atom. The zero-order valence-electron chi connectivity index (χ0n) is 20.9. The number of nitrogens with zero attached hydrogens (tertiary/aromatic N) is 5. The fourth-order valence-electron chi connectivity index (χ4n) is 4.90. The second kappa shape index (κ2) is 10.3. The number of aromatic nitrogens is 6. The smallest absolute Gasteiger partial charge is 0.334 e. The van der Waals surface area contributed by atoms with Crippen molar-refractivity contribution in [1.82, 2.24) is 35.7 Å². The SMILES string of the molecule is O=C1N[C@@](c2ccc(CCCCC(F)(F)F)cc2F)(C(F)(F)F)CC(c2ccn(CC3CC3)n2)=C1c1nn[nH]n1. The molecule has 15 heteroatoms. The first-order valence-corrected chi connectivity index (χ1v) is 12.6. The van der Waals surface area contributed by atoms with Gasteiger partial charge in [-0.2, -0.15) is 36.7 Å². The summed E-state index contributed by atoms with van der Waals surface area (Å²) >= 11 is 0. The number of aryl methyl sites for hydroxylation is 1. The maximum atomic E-state index is 15.4. The molecule has 3 heterocycles. The summed E-state index contributed by atoms with van der Waals surface area (Å²) in [5.74, 6) is -2.25. The number of alkyl halides is 6. The average Bonchev–Trinajstić information content (AvgIpc) is 3.30. The van der Waals surface area contributed by atoms with Crippen LogP contribution in [0.4, 0.5) is 30.7 Å². The van der Waals surface area contributed by atoms with E-state index in [9.17, 15) is 31.1 Å². The topological polar surface area (TPSA) is 101 Å². The molecule has 1 aromatic carbocycles. The summed E-state index contributed by atoms with van der Waals surface area (Å²) in [7, 11) is 0. The highest BCUT2D eigenvalue weighted by molar-refractivity contribution is 6.27. The summed E-state index contributed by atoms with van der Waals surface area (Å²) in [6.07, 6.45) is -7.84. The van der Waals surface area contributed by atoms with E-state index in [2.05, 4.69) is 25.7 Å². The lowest BCUT2D eigenvalue weighted by molar-refractivity contribution is -0.202. The molecule has 1 aliphatic carbocycles. The van der Waals surface area contributed by atoms with E-state index in [-0.39, 0.29) is 47.5 Å². The largest absolute Gasteiger partial charge is 0.416 e. The Balaban J connectivity index is 1.51. The first kappa shape index (κ1) is 27.8. The van der Waals surface area contributed by atoms with Crippen LogP contribution in [0.15, 0.2) is 30.5 Å². The molecule has 2 aromatic heterocycles. The number of hydrogen-bond donors (Lipinski definition) is 2. The van der Waals surface area contributed by atoms with Crippen molar-refractivity contribution in [3.8, 4) is 0 Å². The van der Waals surface area contributed by atoms with E-state index in [1.807, 2.05) is 5.32 Å². The van der Waals surface area contributed by atoms with Crippen LogP contribution in [0.1, 0.15) is 61.2 Å². The number of H-pyrrole nitrogens is 1. The van der Waals surface area contributed by atoms with E-state index in [0.29, 0.717) is 12.5 Å². The molecule has 214 valence electrons. The Morgan fingerprint density at radius 2 is 1.85 bits per heavy atom. The Bertz CT molecular complexity index is 1410. The molecule has 3 aromatic rings. The Labute approximate surface area is 223 Å². The normalized spacial score (nSPS) is 20.2. The fraction of sp³-hybridized carbons (Fsp3) is 0.480. The first-order chi connectivity index (χ1) is 18.9. The zero-order valence-corrected chi connectivity index (χ0v) is 20.9. The van der Waals surface area contributed by atoms with Gasteiger partial charge >= 0.3 is 12.4 Å². The van der Waals surface area contributed by atoms with Crippen LogP contribution in [-0.4, -0.2) is 48.7 Å². The zero-order chi connectivity index (χ0) is 28.7. The monoisotopic (exact) mass is 571 g/mol. The minimum absolute atomic E-state index is 0.0458. The molecule has 5 rings (SSSR count). The van der Waals surface area contributed by atoms with Crippen LogP contribution in [0.5, 0.6) is 0 Å². The molecule has 40 heavy (non-hydrogen) atoms. The van der Waals surface area contributed by atoms with Gasteiger partial charge in [-0.3, -0.25) is 9.48 Å². The van der Waals surface area contributed by atoms with Gasteiger partial charge in [0.05, 0.1) is 11.3 Å². The predicted molar refractivity (Wildman–Crippen MR) is 126 cm³/mol. The van der Waals surface area contributed by atoms with Crippen LogP contribution >= 0.6 is 0 Å². The van der Waals surface area contributed by atoms with Crippen molar-refractivity contribution in [3.05, 3.63) is 58.9 Å². The number of rotatable bonds is 9. The molecular formula is C25H24F7N7O. The predicted octanol–water partition coefficient (Wildman–Crippen LogP) is 5.11. The van der Waals surface area contributed by atoms with Gasteiger partial charge in [-0.1, -0.05) is 12.1 Å². The number of aromatic amines is 1. The molecule has 0 bridgehead atoms. The van der Waals surface area contributed by atoms with Crippen molar-refractivity contribution in [1.29, 1.82) is 0 Å². The Morgan fingerprint density at radius 3 is 2.48 bits per heavy atom. The number of carbonyl (C=O) groups excluding carboxylic acids is 1. The van der Waals surface area contributed by atoms with E-state index in [0.717, 1.165) is 25.0 Å². The lowest BCUT2D eigenvalue weighted by Gasteiger charge is -2.41. The number of carbonyl (C=O) groups is 1. The van der Waals surface area contributed by atoms with Crippen LogP contribution in [0.3, 0.4) is 0 Å². The minimum atomic E-state index is -5.15. The minimum Gasteiger partial charge on any atom is -0.334 e. The average molecular weight is 572 g/mol. The van der Waals surface area contributed by atoms with Gasteiger partial charge in [0.25, 0.3) is 5.91 Å². The maximum Gasteiger partial charge on any atom is 0.416 e. The second-order valence-electron chi connectivity index (χ2n) is 10.1. The molecule has 1 aliphatic heterocycles. The number of benzene rings is 1. The quantitative estimate of drug-likeness (QED) is 0.275. The van der Waals surface area contributed by atoms with E-state index in [1.165, 1.54) is 12.1 Å². The fourth-order valence-corrected chi connectivity index (χ4v) is 4.90. The van der Waals surface area contributed by atoms with Crippen LogP contribution < -0.4 is 5.32 Å². The van der Waals surface area contributed by atoms with Crippen LogP contribution in [-0.2, 0) is 23.3 Å². The van der Waals surface area contributed by atoms with Gasteiger partial charge in [-0.15, -0.1) is 10.2 Å².